The minimum absolute atomic E-state index is 0.0619. The van der Waals surface area contributed by atoms with Crippen molar-refractivity contribution in [1.29, 1.82) is 0 Å². The maximum atomic E-state index is 12.5. The molecule has 1 atom stereocenters. The fourth-order valence-corrected chi connectivity index (χ4v) is 3.71. The average molecular weight is 333 g/mol. The molecule has 0 radical (unpaired) electrons. The average Bonchev–Trinajstić information content (AvgIpc) is 2.61. The topological polar surface area (TPSA) is 58.6 Å². The van der Waals surface area contributed by atoms with Crippen LogP contribution in [0.15, 0.2) is 24.3 Å². The number of amides is 1. The Morgan fingerprint density at radius 2 is 1.92 bits per heavy atom. The maximum Gasteiger partial charge on any atom is 0.223 e. The van der Waals surface area contributed by atoms with Gasteiger partial charge in [0.1, 0.15) is 5.75 Å². The van der Waals surface area contributed by atoms with Gasteiger partial charge in [-0.25, -0.2) is 0 Å². The predicted molar refractivity (Wildman–Crippen MR) is 96.1 cm³/mol. The van der Waals surface area contributed by atoms with Gasteiger partial charge in [0.05, 0.1) is 7.11 Å². The van der Waals surface area contributed by atoms with E-state index in [0.717, 1.165) is 37.0 Å². The first-order valence-electron chi connectivity index (χ1n) is 9.10. The molecule has 1 aromatic carbocycles. The van der Waals surface area contributed by atoms with Crippen LogP contribution in [0, 0.1) is 11.3 Å². The molecule has 134 valence electrons. The lowest BCUT2D eigenvalue weighted by Gasteiger charge is -2.37. The first-order valence-corrected chi connectivity index (χ1v) is 9.10. The molecule has 1 aromatic rings. The van der Waals surface area contributed by atoms with Crippen LogP contribution in [0.5, 0.6) is 5.75 Å². The Kier molecular flexibility index (Phi) is 7.10. The molecule has 0 spiro atoms. The smallest absolute Gasteiger partial charge is 0.223 e. The van der Waals surface area contributed by atoms with Gasteiger partial charge in [-0.05, 0) is 48.8 Å². The van der Waals surface area contributed by atoms with E-state index in [-0.39, 0.29) is 23.8 Å². The zero-order valence-electron chi connectivity index (χ0n) is 15.0. The summed E-state index contributed by atoms with van der Waals surface area (Å²) < 4.78 is 5.16. The molecule has 1 fully saturated rings. The quantitative estimate of drug-likeness (QED) is 0.767. The second-order valence-corrected chi connectivity index (χ2v) is 7.21. The molecular formula is C20H31NO3. The third kappa shape index (κ3) is 5.23. The molecule has 1 unspecified atom stereocenters. The molecule has 24 heavy (non-hydrogen) atoms. The van der Waals surface area contributed by atoms with Crippen LogP contribution in [0.25, 0.3) is 0 Å². The number of aliphatic hydroxyl groups is 1. The van der Waals surface area contributed by atoms with E-state index in [2.05, 4.69) is 5.32 Å². The Hall–Kier alpha value is -1.55. The van der Waals surface area contributed by atoms with Crippen LogP contribution >= 0.6 is 0 Å². The highest BCUT2D eigenvalue weighted by atomic mass is 16.5. The van der Waals surface area contributed by atoms with Crippen LogP contribution in [-0.2, 0) is 11.2 Å². The number of ether oxygens (including phenoxy) is 1. The summed E-state index contributed by atoms with van der Waals surface area (Å²) in [5.41, 5.74) is 1.24. The molecule has 4 nitrogen and oxygen atoms in total. The lowest BCUT2D eigenvalue weighted by molar-refractivity contribution is -0.125. The predicted octanol–water partition coefficient (Wildman–Crippen LogP) is 3.32. The minimum atomic E-state index is -0.0619. The van der Waals surface area contributed by atoms with Gasteiger partial charge >= 0.3 is 0 Å². The number of benzene rings is 1. The van der Waals surface area contributed by atoms with Crippen LogP contribution in [0.3, 0.4) is 0 Å². The number of rotatable bonds is 8. The fourth-order valence-electron chi connectivity index (χ4n) is 3.71. The van der Waals surface area contributed by atoms with Crippen molar-refractivity contribution >= 4 is 5.91 Å². The number of hydrogen-bond donors (Lipinski definition) is 2. The highest BCUT2D eigenvalue weighted by Crippen LogP contribution is 2.38. The summed E-state index contributed by atoms with van der Waals surface area (Å²) in [7, 11) is 1.65. The van der Waals surface area contributed by atoms with Crippen molar-refractivity contribution in [2.24, 2.45) is 11.3 Å². The molecule has 4 heteroatoms. The van der Waals surface area contributed by atoms with E-state index >= 15 is 0 Å². The van der Waals surface area contributed by atoms with Gasteiger partial charge in [-0.2, -0.15) is 0 Å². The molecule has 2 rings (SSSR count). The molecule has 0 aromatic heterocycles. The zero-order valence-corrected chi connectivity index (χ0v) is 15.0. The van der Waals surface area contributed by atoms with Crippen molar-refractivity contribution in [3.63, 3.8) is 0 Å². The van der Waals surface area contributed by atoms with E-state index in [0.29, 0.717) is 6.54 Å². The number of methoxy groups -OCH3 is 1. The summed E-state index contributed by atoms with van der Waals surface area (Å²) >= 11 is 0. The Labute approximate surface area is 145 Å². The van der Waals surface area contributed by atoms with E-state index in [9.17, 15) is 9.90 Å². The fraction of sp³-hybridized carbons (Fsp3) is 0.650. The Balaban J connectivity index is 1.85. The molecule has 0 aliphatic heterocycles. The number of hydrogen-bond acceptors (Lipinski definition) is 3. The Morgan fingerprint density at radius 3 is 2.50 bits per heavy atom. The first-order chi connectivity index (χ1) is 11.6. The van der Waals surface area contributed by atoms with Crippen LogP contribution in [-0.4, -0.2) is 31.3 Å². The van der Waals surface area contributed by atoms with Gasteiger partial charge in [0.2, 0.25) is 5.91 Å². The van der Waals surface area contributed by atoms with Crippen molar-refractivity contribution in [1.82, 2.24) is 5.32 Å². The van der Waals surface area contributed by atoms with Crippen molar-refractivity contribution in [3.8, 4) is 5.75 Å². The van der Waals surface area contributed by atoms with E-state index in [4.69, 9.17) is 4.74 Å². The lowest BCUT2D eigenvalue weighted by atomic mass is 9.72. The van der Waals surface area contributed by atoms with Gasteiger partial charge in [-0.1, -0.05) is 38.3 Å². The van der Waals surface area contributed by atoms with Crippen LogP contribution < -0.4 is 10.1 Å². The molecule has 1 aliphatic carbocycles. The molecule has 1 aliphatic rings. The van der Waals surface area contributed by atoms with Gasteiger partial charge in [-0.3, -0.25) is 4.79 Å². The standard InChI is InChI=1S/C20H31NO3/c1-16(14-17-6-8-18(24-2)9-7-17)19(23)21-15-20(12-13-22)10-4-3-5-11-20/h6-9,16,22H,3-5,10-15H2,1-2H3,(H,21,23). The molecule has 0 saturated heterocycles. The number of aliphatic hydroxyl groups excluding tert-OH is 1. The van der Waals surface area contributed by atoms with E-state index in [1.165, 1.54) is 19.3 Å². The summed E-state index contributed by atoms with van der Waals surface area (Å²) in [5, 5.41) is 12.5. The van der Waals surface area contributed by atoms with Crippen molar-refractivity contribution in [3.05, 3.63) is 29.8 Å². The van der Waals surface area contributed by atoms with E-state index in [1.807, 2.05) is 31.2 Å². The molecule has 2 N–H and O–H groups in total. The zero-order chi connectivity index (χ0) is 17.4. The van der Waals surface area contributed by atoms with Crippen LogP contribution in [0.1, 0.15) is 51.0 Å². The van der Waals surface area contributed by atoms with Crippen molar-refractivity contribution < 1.29 is 14.6 Å². The SMILES string of the molecule is COc1ccc(CC(C)C(=O)NCC2(CCO)CCCCC2)cc1. The highest BCUT2D eigenvalue weighted by Gasteiger charge is 2.32. The third-order valence-corrected chi connectivity index (χ3v) is 5.34. The van der Waals surface area contributed by atoms with E-state index < -0.39 is 0 Å². The summed E-state index contributed by atoms with van der Waals surface area (Å²) in [6, 6.07) is 7.88. The van der Waals surface area contributed by atoms with Gasteiger partial charge in [0.15, 0.2) is 0 Å². The highest BCUT2D eigenvalue weighted by molar-refractivity contribution is 5.78. The van der Waals surface area contributed by atoms with Gasteiger partial charge < -0.3 is 15.2 Å². The van der Waals surface area contributed by atoms with Crippen molar-refractivity contribution in [2.45, 2.75) is 51.9 Å². The molecule has 1 amide bonds. The van der Waals surface area contributed by atoms with Gasteiger partial charge in [0.25, 0.3) is 0 Å². The van der Waals surface area contributed by atoms with Gasteiger partial charge in [-0.15, -0.1) is 0 Å². The largest absolute Gasteiger partial charge is 0.497 e. The number of nitrogens with one attached hydrogen (secondary N) is 1. The number of carbonyl (C=O) groups is 1. The summed E-state index contributed by atoms with van der Waals surface area (Å²) in [6.45, 7) is 2.87. The van der Waals surface area contributed by atoms with E-state index in [1.54, 1.807) is 7.11 Å². The van der Waals surface area contributed by atoms with Crippen molar-refractivity contribution in [2.75, 3.05) is 20.3 Å². The lowest BCUT2D eigenvalue weighted by Crippen LogP contribution is -2.41. The Bertz CT molecular complexity index is 501. The minimum Gasteiger partial charge on any atom is -0.497 e. The molecular weight excluding hydrogens is 302 g/mol. The van der Waals surface area contributed by atoms with Crippen LogP contribution in [0.2, 0.25) is 0 Å². The van der Waals surface area contributed by atoms with Crippen LogP contribution in [0.4, 0.5) is 0 Å². The second-order valence-electron chi connectivity index (χ2n) is 7.21. The number of carbonyl (C=O) groups excluding carboxylic acids is 1. The Morgan fingerprint density at radius 1 is 1.25 bits per heavy atom. The summed E-state index contributed by atoms with van der Waals surface area (Å²) in [4.78, 5) is 12.5. The molecule has 0 bridgehead atoms. The molecule has 1 saturated carbocycles. The first kappa shape index (κ1) is 18.8. The monoisotopic (exact) mass is 333 g/mol. The maximum absolute atomic E-state index is 12.5. The second kappa shape index (κ2) is 9.07. The normalized spacial score (nSPS) is 18.0. The summed E-state index contributed by atoms with van der Waals surface area (Å²) in [6.07, 6.45) is 7.42. The third-order valence-electron chi connectivity index (χ3n) is 5.34. The molecule has 0 heterocycles. The summed E-state index contributed by atoms with van der Waals surface area (Å²) in [5.74, 6) is 0.876. The van der Waals surface area contributed by atoms with Gasteiger partial charge in [0, 0.05) is 19.1 Å².